The number of halogens is 2. The zero-order valence-corrected chi connectivity index (χ0v) is 17.4. The van der Waals surface area contributed by atoms with Crippen LogP contribution in [0, 0.1) is 6.92 Å². The van der Waals surface area contributed by atoms with Crippen molar-refractivity contribution in [3.05, 3.63) is 81.3 Å². The molecule has 0 radical (unpaired) electrons. The molecule has 0 aliphatic carbocycles. The van der Waals surface area contributed by atoms with Gasteiger partial charge in [-0.2, -0.15) is 4.80 Å². The number of nitrogens with one attached hydrogen (secondary N) is 1. The molecule has 5 nitrogen and oxygen atoms in total. The molecule has 1 N–H and O–H groups in total. The van der Waals surface area contributed by atoms with Crippen molar-refractivity contribution in [2.75, 3.05) is 5.32 Å². The molecule has 0 aliphatic rings. The maximum Gasteiger partial charge on any atom is 0.257 e. The number of amides is 1. The molecule has 4 rings (SSSR count). The maximum atomic E-state index is 12.7. The van der Waals surface area contributed by atoms with E-state index in [2.05, 4.69) is 34.6 Å². The number of anilines is 1. The van der Waals surface area contributed by atoms with Crippen LogP contribution in [0.4, 0.5) is 5.69 Å². The second-order valence-corrected chi connectivity index (χ2v) is 7.59. The summed E-state index contributed by atoms with van der Waals surface area (Å²) in [5.74, 6) is -0.331. The third-order valence-corrected chi connectivity index (χ3v) is 5.29. The molecule has 3 aromatic carbocycles. The summed E-state index contributed by atoms with van der Waals surface area (Å²) >= 11 is 12.1. The fraction of sp³-hybridized carbons (Fsp3) is 0.136. The van der Waals surface area contributed by atoms with Gasteiger partial charge in [0.2, 0.25) is 0 Å². The number of carbonyl (C=O) groups excluding carboxylic acids is 1. The van der Waals surface area contributed by atoms with E-state index in [4.69, 9.17) is 23.2 Å². The summed E-state index contributed by atoms with van der Waals surface area (Å²) in [5, 5.41) is 12.8. The molecule has 0 saturated carbocycles. The Bertz CT molecular complexity index is 1220. The number of aryl methyl sites for hydroxylation is 2. The molecule has 0 fully saturated rings. The van der Waals surface area contributed by atoms with E-state index in [1.165, 1.54) is 5.56 Å². The van der Waals surface area contributed by atoms with Gasteiger partial charge in [0.1, 0.15) is 11.0 Å². The van der Waals surface area contributed by atoms with E-state index in [0.717, 1.165) is 23.2 Å². The summed E-state index contributed by atoms with van der Waals surface area (Å²) in [7, 11) is 0. The number of hydrogen-bond acceptors (Lipinski definition) is 3. The average molecular weight is 425 g/mol. The molecule has 1 aromatic heterocycles. The minimum Gasteiger partial charge on any atom is -0.322 e. The van der Waals surface area contributed by atoms with Gasteiger partial charge in [-0.25, -0.2) is 0 Å². The van der Waals surface area contributed by atoms with Crippen molar-refractivity contribution < 1.29 is 4.79 Å². The molecule has 1 heterocycles. The molecule has 0 aliphatic heterocycles. The highest BCUT2D eigenvalue weighted by Crippen LogP contribution is 2.25. The van der Waals surface area contributed by atoms with Gasteiger partial charge in [0, 0.05) is 10.7 Å². The van der Waals surface area contributed by atoms with Crippen LogP contribution in [-0.2, 0) is 6.42 Å². The van der Waals surface area contributed by atoms with Gasteiger partial charge in [-0.05, 0) is 66.9 Å². The quantitative estimate of drug-likeness (QED) is 0.446. The van der Waals surface area contributed by atoms with Crippen LogP contribution in [0.5, 0.6) is 0 Å². The Balaban J connectivity index is 1.66. The summed E-state index contributed by atoms with van der Waals surface area (Å²) in [6, 6.07) is 16.6. The fourth-order valence-electron chi connectivity index (χ4n) is 3.04. The minimum absolute atomic E-state index is 0.318. The van der Waals surface area contributed by atoms with Crippen molar-refractivity contribution in [3.8, 4) is 5.69 Å². The van der Waals surface area contributed by atoms with Gasteiger partial charge in [-0.3, -0.25) is 4.79 Å². The molecule has 0 saturated heterocycles. The van der Waals surface area contributed by atoms with E-state index in [0.29, 0.717) is 26.8 Å². The summed E-state index contributed by atoms with van der Waals surface area (Å²) in [4.78, 5) is 14.3. The minimum atomic E-state index is -0.331. The largest absolute Gasteiger partial charge is 0.322 e. The first kappa shape index (κ1) is 19.4. The van der Waals surface area contributed by atoms with Gasteiger partial charge >= 0.3 is 0 Å². The molecule has 0 unspecified atom stereocenters. The lowest BCUT2D eigenvalue weighted by atomic mass is 10.1. The Hall–Kier alpha value is -2.89. The smallest absolute Gasteiger partial charge is 0.257 e. The number of aromatic nitrogens is 3. The monoisotopic (exact) mass is 424 g/mol. The molecule has 1 amide bonds. The third-order valence-electron chi connectivity index (χ3n) is 4.72. The molecule has 0 spiro atoms. The van der Waals surface area contributed by atoms with Gasteiger partial charge in [-0.15, -0.1) is 10.2 Å². The SMILES string of the molecule is CCc1ccc(-n2nc3cc(C)c(NC(=O)c4cc(Cl)ccc4Cl)cc3n2)cc1. The zero-order valence-electron chi connectivity index (χ0n) is 15.9. The van der Waals surface area contributed by atoms with Crippen molar-refractivity contribution in [1.82, 2.24) is 15.0 Å². The number of benzene rings is 3. The van der Waals surface area contributed by atoms with Crippen LogP contribution in [0.2, 0.25) is 10.0 Å². The van der Waals surface area contributed by atoms with E-state index >= 15 is 0 Å². The highest BCUT2D eigenvalue weighted by atomic mass is 35.5. The lowest BCUT2D eigenvalue weighted by Gasteiger charge is -2.09. The molecular formula is C22H18Cl2N4O. The fourth-order valence-corrected chi connectivity index (χ4v) is 3.42. The van der Waals surface area contributed by atoms with E-state index in [1.54, 1.807) is 23.0 Å². The van der Waals surface area contributed by atoms with E-state index in [1.807, 2.05) is 31.2 Å². The number of hydrogen-bond donors (Lipinski definition) is 1. The van der Waals surface area contributed by atoms with Crippen molar-refractivity contribution in [2.45, 2.75) is 20.3 Å². The number of rotatable bonds is 4. The molecular weight excluding hydrogens is 407 g/mol. The van der Waals surface area contributed by atoms with E-state index < -0.39 is 0 Å². The Morgan fingerprint density at radius 1 is 1.00 bits per heavy atom. The first-order chi connectivity index (χ1) is 13.9. The van der Waals surface area contributed by atoms with Crippen molar-refractivity contribution >= 4 is 45.8 Å². The topological polar surface area (TPSA) is 59.8 Å². The van der Waals surface area contributed by atoms with Crippen LogP contribution in [0.3, 0.4) is 0 Å². The first-order valence-electron chi connectivity index (χ1n) is 9.18. The lowest BCUT2D eigenvalue weighted by Crippen LogP contribution is -2.13. The van der Waals surface area contributed by atoms with E-state index in [-0.39, 0.29) is 5.91 Å². The van der Waals surface area contributed by atoms with Crippen LogP contribution in [-0.4, -0.2) is 20.9 Å². The predicted octanol–water partition coefficient (Wildman–Crippen LogP) is 5.85. The Morgan fingerprint density at radius 2 is 1.69 bits per heavy atom. The van der Waals surface area contributed by atoms with Crippen molar-refractivity contribution in [1.29, 1.82) is 0 Å². The Morgan fingerprint density at radius 3 is 2.38 bits per heavy atom. The first-order valence-corrected chi connectivity index (χ1v) is 9.93. The van der Waals surface area contributed by atoms with Crippen molar-refractivity contribution in [2.24, 2.45) is 0 Å². The van der Waals surface area contributed by atoms with Crippen LogP contribution >= 0.6 is 23.2 Å². The summed E-state index contributed by atoms with van der Waals surface area (Å²) in [6.07, 6.45) is 0.980. The normalized spacial score (nSPS) is 11.0. The standard InChI is InChI=1S/C22H18Cl2N4O/c1-3-14-4-7-16(8-5-14)28-26-20-10-13(2)19(12-21(20)27-28)25-22(29)17-11-15(23)6-9-18(17)24/h4-12H,3H2,1-2H3,(H,25,29). The third kappa shape index (κ3) is 3.97. The summed E-state index contributed by atoms with van der Waals surface area (Å²) in [6.45, 7) is 4.02. The molecule has 146 valence electrons. The molecule has 7 heteroatoms. The van der Waals surface area contributed by atoms with Gasteiger partial charge < -0.3 is 5.32 Å². The predicted molar refractivity (Wildman–Crippen MR) is 117 cm³/mol. The van der Waals surface area contributed by atoms with Gasteiger partial charge in [0.25, 0.3) is 5.91 Å². The Labute approximate surface area is 178 Å². The van der Waals surface area contributed by atoms with Crippen LogP contribution in [0.15, 0.2) is 54.6 Å². The second kappa shape index (κ2) is 7.85. The molecule has 0 bridgehead atoms. The summed E-state index contributed by atoms with van der Waals surface area (Å²) in [5.41, 5.74) is 5.41. The number of nitrogens with zero attached hydrogens (tertiary/aromatic N) is 3. The van der Waals surface area contributed by atoms with Crippen LogP contribution in [0.1, 0.15) is 28.4 Å². The Kier molecular flexibility index (Phi) is 5.26. The molecule has 0 atom stereocenters. The second-order valence-electron chi connectivity index (χ2n) is 6.74. The maximum absolute atomic E-state index is 12.7. The van der Waals surface area contributed by atoms with Crippen LogP contribution in [0.25, 0.3) is 16.7 Å². The number of fused-ring (bicyclic) bond motifs is 1. The van der Waals surface area contributed by atoms with Crippen molar-refractivity contribution in [3.63, 3.8) is 0 Å². The average Bonchev–Trinajstić information content (AvgIpc) is 3.12. The molecule has 4 aromatic rings. The number of carbonyl (C=O) groups is 1. The highest BCUT2D eigenvalue weighted by Gasteiger charge is 2.14. The van der Waals surface area contributed by atoms with Gasteiger partial charge in [-0.1, -0.05) is 42.3 Å². The highest BCUT2D eigenvalue weighted by molar-refractivity contribution is 6.36. The van der Waals surface area contributed by atoms with Gasteiger partial charge in [0.05, 0.1) is 16.3 Å². The zero-order chi connectivity index (χ0) is 20.5. The van der Waals surface area contributed by atoms with E-state index in [9.17, 15) is 4.79 Å². The van der Waals surface area contributed by atoms with Crippen LogP contribution < -0.4 is 5.32 Å². The molecule has 29 heavy (non-hydrogen) atoms. The summed E-state index contributed by atoms with van der Waals surface area (Å²) < 4.78 is 0. The van der Waals surface area contributed by atoms with Gasteiger partial charge in [0.15, 0.2) is 0 Å². The lowest BCUT2D eigenvalue weighted by molar-refractivity contribution is 0.102.